The molecule has 3 unspecified atom stereocenters. The predicted molar refractivity (Wildman–Crippen MR) is 45.7 cm³/mol. The second-order valence-corrected chi connectivity index (χ2v) is 3.33. The van der Waals surface area contributed by atoms with Gasteiger partial charge in [0.1, 0.15) is 6.04 Å². The van der Waals surface area contributed by atoms with Gasteiger partial charge in [0.2, 0.25) is 0 Å². The summed E-state index contributed by atoms with van der Waals surface area (Å²) in [6.45, 7) is 1.57. The number of aliphatic hydroxyl groups is 1. The lowest BCUT2D eigenvalue weighted by Gasteiger charge is -2.20. The summed E-state index contributed by atoms with van der Waals surface area (Å²) in [5.74, 6) is -1.06. The number of amides is 1. The highest BCUT2D eigenvalue weighted by Crippen LogP contribution is 2.25. The van der Waals surface area contributed by atoms with E-state index in [-0.39, 0.29) is 6.54 Å². The van der Waals surface area contributed by atoms with E-state index in [1.165, 1.54) is 7.11 Å². The summed E-state index contributed by atoms with van der Waals surface area (Å²) >= 11 is 0. The van der Waals surface area contributed by atoms with Crippen molar-refractivity contribution in [3.05, 3.63) is 0 Å². The van der Waals surface area contributed by atoms with E-state index < -0.39 is 30.1 Å². The van der Waals surface area contributed by atoms with Gasteiger partial charge in [-0.15, -0.1) is 0 Å². The van der Waals surface area contributed by atoms with E-state index in [2.05, 4.69) is 4.74 Å². The van der Waals surface area contributed by atoms with E-state index in [9.17, 15) is 14.7 Å². The fraction of sp³-hybridized carbons (Fsp3) is 0.750. The first kappa shape index (κ1) is 10.8. The number of carboxylic acid groups (broad SMARTS) is 1. The third-order valence-corrected chi connectivity index (χ3v) is 2.51. The highest BCUT2D eigenvalue weighted by molar-refractivity contribution is 5.82. The average Bonchev–Trinajstić information content (AvgIpc) is 2.43. The molecule has 1 rings (SSSR count). The monoisotopic (exact) mass is 203 g/mol. The highest BCUT2D eigenvalue weighted by Gasteiger charge is 2.45. The van der Waals surface area contributed by atoms with E-state index in [1.54, 1.807) is 6.92 Å². The van der Waals surface area contributed by atoms with E-state index in [0.29, 0.717) is 0 Å². The Balaban J connectivity index is 2.86. The summed E-state index contributed by atoms with van der Waals surface area (Å²) in [5, 5.41) is 18.2. The van der Waals surface area contributed by atoms with Crippen LogP contribution in [0.3, 0.4) is 0 Å². The molecule has 1 amide bonds. The molecule has 1 saturated heterocycles. The number of esters is 1. The summed E-state index contributed by atoms with van der Waals surface area (Å²) in [5.41, 5.74) is 0. The summed E-state index contributed by atoms with van der Waals surface area (Å²) in [6.07, 6.45) is -2.03. The minimum atomic E-state index is -1.22. The predicted octanol–water partition coefficient (Wildman–Crippen LogP) is -0.481. The first-order valence-corrected chi connectivity index (χ1v) is 4.24. The molecule has 1 aliphatic heterocycles. The molecule has 0 radical (unpaired) electrons. The van der Waals surface area contributed by atoms with Crippen LogP contribution < -0.4 is 0 Å². The van der Waals surface area contributed by atoms with Crippen molar-refractivity contribution in [2.24, 2.45) is 5.92 Å². The summed E-state index contributed by atoms with van der Waals surface area (Å²) in [6, 6.07) is -0.896. The molecule has 0 bridgehead atoms. The molecule has 6 heteroatoms. The smallest absolute Gasteiger partial charge is 0.408 e. The minimum Gasteiger partial charge on any atom is -0.467 e. The normalized spacial score (nSPS) is 31.6. The molecular formula is C8H13NO5. The average molecular weight is 203 g/mol. The molecule has 3 atom stereocenters. The lowest BCUT2D eigenvalue weighted by atomic mass is 10.0. The van der Waals surface area contributed by atoms with Gasteiger partial charge in [-0.1, -0.05) is 6.92 Å². The van der Waals surface area contributed by atoms with Gasteiger partial charge in [-0.3, -0.25) is 4.90 Å². The van der Waals surface area contributed by atoms with Gasteiger partial charge in [0.15, 0.2) is 0 Å². The SMILES string of the molecule is COC(=O)C1C(C)C(O)CN1C(=O)O. The van der Waals surface area contributed by atoms with Gasteiger partial charge in [0.05, 0.1) is 19.8 Å². The maximum absolute atomic E-state index is 11.2. The van der Waals surface area contributed by atoms with Crippen molar-refractivity contribution in [3.63, 3.8) is 0 Å². The zero-order chi connectivity index (χ0) is 10.9. The van der Waals surface area contributed by atoms with Gasteiger partial charge < -0.3 is 14.9 Å². The number of methoxy groups -OCH3 is 1. The van der Waals surface area contributed by atoms with Crippen molar-refractivity contribution >= 4 is 12.1 Å². The Hall–Kier alpha value is -1.30. The van der Waals surface area contributed by atoms with E-state index in [4.69, 9.17) is 5.11 Å². The number of likely N-dealkylation sites (tertiary alicyclic amines) is 1. The van der Waals surface area contributed by atoms with E-state index in [1.807, 2.05) is 0 Å². The lowest BCUT2D eigenvalue weighted by molar-refractivity contribution is -0.146. The lowest BCUT2D eigenvalue weighted by Crippen LogP contribution is -2.42. The first-order chi connectivity index (χ1) is 6.49. The van der Waals surface area contributed by atoms with Crippen LogP contribution in [0.25, 0.3) is 0 Å². The van der Waals surface area contributed by atoms with Crippen LogP contribution in [-0.4, -0.2) is 53.0 Å². The van der Waals surface area contributed by atoms with Gasteiger partial charge >= 0.3 is 12.1 Å². The van der Waals surface area contributed by atoms with Crippen LogP contribution in [0.2, 0.25) is 0 Å². The van der Waals surface area contributed by atoms with Crippen molar-refractivity contribution in [1.29, 1.82) is 0 Å². The van der Waals surface area contributed by atoms with Crippen molar-refractivity contribution in [2.75, 3.05) is 13.7 Å². The molecule has 14 heavy (non-hydrogen) atoms. The number of nitrogens with zero attached hydrogens (tertiary/aromatic N) is 1. The summed E-state index contributed by atoms with van der Waals surface area (Å²) in [7, 11) is 1.19. The van der Waals surface area contributed by atoms with Crippen molar-refractivity contribution in [1.82, 2.24) is 4.90 Å². The summed E-state index contributed by atoms with van der Waals surface area (Å²) < 4.78 is 4.48. The van der Waals surface area contributed by atoms with Gasteiger partial charge in [-0.2, -0.15) is 0 Å². The Morgan fingerprint density at radius 3 is 2.50 bits per heavy atom. The quantitative estimate of drug-likeness (QED) is 0.562. The molecule has 0 aliphatic carbocycles. The molecule has 0 saturated carbocycles. The third-order valence-electron chi connectivity index (χ3n) is 2.51. The van der Waals surface area contributed by atoms with Crippen LogP contribution in [0, 0.1) is 5.92 Å². The molecule has 2 N–H and O–H groups in total. The maximum atomic E-state index is 11.2. The number of aliphatic hydroxyl groups excluding tert-OH is 1. The van der Waals surface area contributed by atoms with Crippen LogP contribution in [0.1, 0.15) is 6.92 Å². The largest absolute Gasteiger partial charge is 0.467 e. The number of rotatable bonds is 1. The maximum Gasteiger partial charge on any atom is 0.408 e. The van der Waals surface area contributed by atoms with Gasteiger partial charge in [-0.05, 0) is 0 Å². The van der Waals surface area contributed by atoms with Crippen LogP contribution in [0.4, 0.5) is 4.79 Å². The summed E-state index contributed by atoms with van der Waals surface area (Å²) in [4.78, 5) is 22.9. The minimum absolute atomic E-state index is 0.0454. The zero-order valence-corrected chi connectivity index (χ0v) is 8.01. The van der Waals surface area contributed by atoms with Crippen molar-refractivity contribution in [2.45, 2.75) is 19.1 Å². The van der Waals surface area contributed by atoms with Gasteiger partial charge in [0, 0.05) is 5.92 Å². The Labute approximate surface area is 81.1 Å². The highest BCUT2D eigenvalue weighted by atomic mass is 16.5. The topological polar surface area (TPSA) is 87.1 Å². The number of hydrogen-bond acceptors (Lipinski definition) is 4. The Morgan fingerprint density at radius 2 is 2.07 bits per heavy atom. The molecular weight excluding hydrogens is 190 g/mol. The second-order valence-electron chi connectivity index (χ2n) is 3.33. The molecule has 80 valence electrons. The Morgan fingerprint density at radius 1 is 1.50 bits per heavy atom. The molecule has 1 heterocycles. The fourth-order valence-electron chi connectivity index (χ4n) is 1.64. The van der Waals surface area contributed by atoms with Gasteiger partial charge in [-0.25, -0.2) is 9.59 Å². The second kappa shape index (κ2) is 3.83. The van der Waals surface area contributed by atoms with Crippen LogP contribution >= 0.6 is 0 Å². The van der Waals surface area contributed by atoms with Crippen molar-refractivity contribution in [3.8, 4) is 0 Å². The standard InChI is InChI=1S/C8H13NO5/c1-4-5(10)3-9(8(12)13)6(4)7(11)14-2/h4-6,10H,3H2,1-2H3,(H,12,13). The van der Waals surface area contributed by atoms with E-state index in [0.717, 1.165) is 4.90 Å². The molecule has 0 aromatic rings. The fourth-order valence-corrected chi connectivity index (χ4v) is 1.64. The number of β-amino-alcohol motifs (C(OH)–C–C–N with tert-alkyl or cyclic N) is 1. The Bertz CT molecular complexity index is 254. The zero-order valence-electron chi connectivity index (χ0n) is 8.01. The molecule has 0 aromatic heterocycles. The van der Waals surface area contributed by atoms with Crippen molar-refractivity contribution < 1.29 is 24.5 Å². The number of ether oxygens (including phenoxy) is 1. The molecule has 6 nitrogen and oxygen atoms in total. The number of carbonyl (C=O) groups excluding carboxylic acids is 1. The number of carbonyl (C=O) groups is 2. The molecule has 0 spiro atoms. The van der Waals surface area contributed by atoms with Crippen LogP contribution in [0.15, 0.2) is 0 Å². The molecule has 0 aromatic carbocycles. The van der Waals surface area contributed by atoms with Gasteiger partial charge in [0.25, 0.3) is 0 Å². The van der Waals surface area contributed by atoms with Crippen LogP contribution in [0.5, 0.6) is 0 Å². The Kier molecular flexibility index (Phi) is 2.95. The molecule has 1 fully saturated rings. The third kappa shape index (κ3) is 1.65. The molecule has 1 aliphatic rings. The van der Waals surface area contributed by atoms with Crippen LogP contribution in [-0.2, 0) is 9.53 Å². The number of hydrogen-bond donors (Lipinski definition) is 2. The first-order valence-electron chi connectivity index (χ1n) is 4.24. The van der Waals surface area contributed by atoms with E-state index >= 15 is 0 Å².